The molecule has 2 aromatic rings. The highest BCUT2D eigenvalue weighted by Crippen LogP contribution is 2.36. The number of carbonyl (C=O) groups is 3. The number of benzene rings is 1. The van der Waals surface area contributed by atoms with Gasteiger partial charge in [0.1, 0.15) is 29.8 Å². The Morgan fingerprint density at radius 2 is 1.92 bits per heavy atom. The zero-order valence-corrected chi connectivity index (χ0v) is 20.0. The minimum atomic E-state index is -4.81. The van der Waals surface area contributed by atoms with Crippen molar-refractivity contribution >= 4 is 17.8 Å². The summed E-state index contributed by atoms with van der Waals surface area (Å²) in [6, 6.07) is 5.38. The van der Waals surface area contributed by atoms with Crippen LogP contribution in [-0.2, 0) is 27.4 Å². The van der Waals surface area contributed by atoms with E-state index in [1.165, 1.54) is 17.2 Å². The molecule has 2 atom stereocenters. The van der Waals surface area contributed by atoms with Crippen LogP contribution in [0.2, 0.25) is 0 Å². The first-order chi connectivity index (χ1) is 17.9. The van der Waals surface area contributed by atoms with E-state index in [4.69, 9.17) is 10.5 Å². The molecule has 2 fully saturated rings. The highest BCUT2D eigenvalue weighted by atomic mass is 19.4. The number of nitrogens with two attached hydrogens (primary N) is 1. The summed E-state index contributed by atoms with van der Waals surface area (Å²) in [6.45, 7) is -3.08. The van der Waals surface area contributed by atoms with Gasteiger partial charge in [-0.25, -0.2) is 13.6 Å². The van der Waals surface area contributed by atoms with Gasteiger partial charge >= 0.3 is 12.2 Å². The Balaban J connectivity index is 1.50. The average Bonchev–Trinajstić information content (AvgIpc) is 3.05. The third kappa shape index (κ3) is 5.60. The van der Waals surface area contributed by atoms with E-state index in [0.29, 0.717) is 11.8 Å². The fourth-order valence-corrected chi connectivity index (χ4v) is 4.64. The van der Waals surface area contributed by atoms with Crippen LogP contribution in [0.1, 0.15) is 11.3 Å². The Bertz CT molecular complexity index is 1210. The lowest BCUT2D eigenvalue weighted by molar-refractivity contribution is -0.157. The summed E-state index contributed by atoms with van der Waals surface area (Å²) in [7, 11) is 0. The van der Waals surface area contributed by atoms with Gasteiger partial charge in [0.2, 0.25) is 5.91 Å². The first-order valence-electron chi connectivity index (χ1n) is 11.6. The number of amides is 4. The first-order valence-corrected chi connectivity index (χ1v) is 11.6. The molecule has 2 unspecified atom stereocenters. The summed E-state index contributed by atoms with van der Waals surface area (Å²) in [4.78, 5) is 45.9. The van der Waals surface area contributed by atoms with Gasteiger partial charge in [0.05, 0.1) is 19.8 Å². The molecule has 0 saturated carbocycles. The summed E-state index contributed by atoms with van der Waals surface area (Å²) in [6.07, 6.45) is -3.59. The van der Waals surface area contributed by atoms with Crippen molar-refractivity contribution in [3.63, 3.8) is 0 Å². The van der Waals surface area contributed by atoms with Crippen molar-refractivity contribution in [2.45, 2.75) is 30.8 Å². The van der Waals surface area contributed by atoms with Crippen LogP contribution in [0.15, 0.2) is 42.6 Å². The zero-order chi connectivity index (χ0) is 27.7. The molecule has 3 heterocycles. The zero-order valence-electron chi connectivity index (χ0n) is 20.0. The van der Waals surface area contributed by atoms with Crippen LogP contribution in [0, 0.1) is 11.6 Å². The Morgan fingerprint density at radius 3 is 2.58 bits per heavy atom. The number of hydrogen-bond acceptors (Lipinski definition) is 6. The molecule has 0 radical (unpaired) electrons. The van der Waals surface area contributed by atoms with Crippen molar-refractivity contribution in [1.29, 1.82) is 0 Å². The van der Waals surface area contributed by atoms with Crippen molar-refractivity contribution in [3.8, 4) is 0 Å². The molecule has 1 aromatic heterocycles. The van der Waals surface area contributed by atoms with Crippen molar-refractivity contribution < 1.29 is 41.1 Å². The smallest absolute Gasteiger partial charge is 0.374 e. The van der Waals surface area contributed by atoms with Crippen LogP contribution < -0.4 is 5.73 Å². The predicted molar refractivity (Wildman–Crippen MR) is 121 cm³/mol. The molecule has 1 aromatic carbocycles. The largest absolute Gasteiger partial charge is 0.406 e. The number of piperazine rings is 1. The van der Waals surface area contributed by atoms with E-state index < -0.39 is 60.3 Å². The standard InChI is InChI=1S/C24H24F5N5O4/c25-16-5-4-15(18(26)9-16)11-38-12-19(30)20(35)32-7-8-34-22(37)33(14-24(27,28)29)21(36)23(34,13-32)10-17-3-1-2-6-31-17/h1-6,9,19H,7-8,10-14,30H2. The van der Waals surface area contributed by atoms with Crippen molar-refractivity contribution in [3.05, 3.63) is 65.5 Å². The number of alkyl halides is 3. The molecule has 4 rings (SSSR count). The Kier molecular flexibility index (Phi) is 7.65. The molecule has 204 valence electrons. The molecule has 38 heavy (non-hydrogen) atoms. The number of nitrogens with zero attached hydrogens (tertiary/aromatic N) is 4. The minimum Gasteiger partial charge on any atom is -0.374 e. The Hall–Kier alpha value is -3.65. The summed E-state index contributed by atoms with van der Waals surface area (Å²) in [5, 5.41) is 0. The lowest BCUT2D eigenvalue weighted by Gasteiger charge is -2.44. The SMILES string of the molecule is NC(COCc1ccc(F)cc1F)C(=O)N1CCN2C(=O)N(CC(F)(F)F)C(=O)C2(Cc2ccccn2)C1. The van der Waals surface area contributed by atoms with E-state index in [9.17, 15) is 36.3 Å². The average molecular weight is 541 g/mol. The lowest BCUT2D eigenvalue weighted by atomic mass is 9.88. The summed E-state index contributed by atoms with van der Waals surface area (Å²) in [5.74, 6) is -3.34. The number of aromatic nitrogens is 1. The fraction of sp³-hybridized carbons (Fsp3) is 0.417. The maximum absolute atomic E-state index is 13.8. The molecule has 0 aliphatic carbocycles. The lowest BCUT2D eigenvalue weighted by Crippen LogP contribution is -2.66. The van der Waals surface area contributed by atoms with E-state index in [1.807, 2.05) is 0 Å². The van der Waals surface area contributed by atoms with Crippen molar-refractivity contribution in [2.75, 3.05) is 32.8 Å². The van der Waals surface area contributed by atoms with Gasteiger partial charge in [-0.1, -0.05) is 12.1 Å². The number of fused-ring (bicyclic) bond motifs is 1. The number of urea groups is 1. The first kappa shape index (κ1) is 27.4. The van der Waals surface area contributed by atoms with E-state index >= 15 is 0 Å². The highest BCUT2D eigenvalue weighted by molar-refractivity contribution is 6.08. The van der Waals surface area contributed by atoms with Crippen LogP contribution in [-0.4, -0.2) is 88.1 Å². The van der Waals surface area contributed by atoms with Crippen LogP contribution >= 0.6 is 0 Å². The number of rotatable bonds is 8. The molecule has 2 aliphatic heterocycles. The minimum absolute atomic E-state index is 0.0498. The quantitative estimate of drug-likeness (QED) is 0.404. The van der Waals surface area contributed by atoms with Gasteiger partial charge in [0.25, 0.3) is 5.91 Å². The molecule has 14 heteroatoms. The van der Waals surface area contributed by atoms with Crippen LogP contribution in [0.25, 0.3) is 0 Å². The maximum Gasteiger partial charge on any atom is 0.406 e. The second-order valence-electron chi connectivity index (χ2n) is 9.09. The summed E-state index contributed by atoms with van der Waals surface area (Å²) >= 11 is 0. The number of pyridine rings is 1. The number of carbonyl (C=O) groups excluding carboxylic acids is 3. The topological polar surface area (TPSA) is 109 Å². The number of imide groups is 1. The van der Waals surface area contributed by atoms with Crippen molar-refractivity contribution in [2.24, 2.45) is 5.73 Å². The maximum atomic E-state index is 13.8. The third-order valence-corrected chi connectivity index (χ3v) is 6.40. The predicted octanol–water partition coefficient (Wildman–Crippen LogP) is 1.85. The molecule has 4 amide bonds. The van der Waals surface area contributed by atoms with Gasteiger partial charge in [-0.3, -0.25) is 19.5 Å². The van der Waals surface area contributed by atoms with E-state index in [2.05, 4.69) is 4.98 Å². The van der Waals surface area contributed by atoms with E-state index in [-0.39, 0.29) is 43.2 Å². The summed E-state index contributed by atoms with van der Waals surface area (Å²) < 4.78 is 71.7. The van der Waals surface area contributed by atoms with E-state index in [0.717, 1.165) is 11.0 Å². The highest BCUT2D eigenvalue weighted by Gasteiger charge is 2.61. The monoisotopic (exact) mass is 541 g/mol. The van der Waals surface area contributed by atoms with Crippen LogP contribution in [0.4, 0.5) is 26.7 Å². The van der Waals surface area contributed by atoms with Crippen LogP contribution in [0.3, 0.4) is 0 Å². The molecule has 2 saturated heterocycles. The molecule has 2 N–H and O–H groups in total. The number of halogens is 5. The van der Waals surface area contributed by atoms with Crippen molar-refractivity contribution in [1.82, 2.24) is 19.7 Å². The van der Waals surface area contributed by atoms with Gasteiger partial charge in [-0.05, 0) is 18.2 Å². The molecular weight excluding hydrogens is 517 g/mol. The van der Waals surface area contributed by atoms with Gasteiger partial charge in [-0.15, -0.1) is 0 Å². The number of ether oxygens (including phenoxy) is 1. The van der Waals surface area contributed by atoms with Gasteiger partial charge in [0, 0.05) is 43.0 Å². The summed E-state index contributed by atoms with van der Waals surface area (Å²) in [5.41, 5.74) is 4.56. The van der Waals surface area contributed by atoms with Gasteiger partial charge < -0.3 is 20.3 Å². The normalized spacial score (nSPS) is 20.6. The Labute approximate surface area is 213 Å². The van der Waals surface area contributed by atoms with E-state index in [1.54, 1.807) is 18.2 Å². The van der Waals surface area contributed by atoms with Gasteiger partial charge in [0.15, 0.2) is 0 Å². The van der Waals surface area contributed by atoms with Crippen LogP contribution in [0.5, 0.6) is 0 Å². The molecular formula is C24H24F5N5O4. The Morgan fingerprint density at radius 1 is 1.16 bits per heavy atom. The molecule has 2 aliphatic rings. The molecule has 0 spiro atoms. The second kappa shape index (κ2) is 10.6. The third-order valence-electron chi connectivity index (χ3n) is 6.40. The number of hydrogen-bond donors (Lipinski definition) is 1. The van der Waals surface area contributed by atoms with Gasteiger partial charge in [-0.2, -0.15) is 13.2 Å². The molecule has 9 nitrogen and oxygen atoms in total. The fourth-order valence-electron chi connectivity index (χ4n) is 4.64. The molecule has 0 bridgehead atoms. The second-order valence-corrected chi connectivity index (χ2v) is 9.09.